The van der Waals surface area contributed by atoms with E-state index in [2.05, 4.69) is 51.3 Å². The van der Waals surface area contributed by atoms with Gasteiger partial charge >= 0.3 is 0 Å². The van der Waals surface area contributed by atoms with Crippen LogP contribution in [0.1, 0.15) is 54.4 Å². The van der Waals surface area contributed by atoms with Crippen molar-refractivity contribution in [3.05, 3.63) is 0 Å². The average Bonchev–Trinajstić information content (AvgIpc) is 2.40. The molecule has 2 heteroatoms. The van der Waals surface area contributed by atoms with E-state index >= 15 is 0 Å². The van der Waals surface area contributed by atoms with Crippen LogP contribution in [-0.2, 0) is 0 Å². The van der Waals surface area contributed by atoms with Crippen molar-refractivity contribution in [1.29, 1.82) is 0 Å². The van der Waals surface area contributed by atoms with Crippen LogP contribution in [0.5, 0.6) is 0 Å². The van der Waals surface area contributed by atoms with Gasteiger partial charge in [-0.2, -0.15) is 0 Å². The SMILES string of the molecule is CC(C)(C)N1CCC2CC1CN2C(C)(C)C. The molecule has 2 fully saturated rings. The molecule has 2 atom stereocenters. The maximum atomic E-state index is 2.73. The molecule has 0 aromatic heterocycles. The fourth-order valence-corrected chi connectivity index (χ4v) is 3.57. The molecule has 2 aliphatic rings. The molecule has 0 aliphatic carbocycles. The Balaban J connectivity index is 2.12. The standard InChI is InChI=1S/C14H28N2/c1-13(2,3)15-8-7-11-9-12(15)10-16(11)14(4,5)6/h11-12H,7-10H2,1-6H3. The maximum Gasteiger partial charge on any atom is 0.0243 e. The Morgan fingerprint density at radius 1 is 0.812 bits per heavy atom. The number of piperidine rings is 1. The lowest BCUT2D eigenvalue weighted by molar-refractivity contribution is 0.0704. The summed E-state index contributed by atoms with van der Waals surface area (Å²) < 4.78 is 0. The fraction of sp³-hybridized carbons (Fsp3) is 1.00. The number of hydrogen-bond acceptors (Lipinski definition) is 2. The van der Waals surface area contributed by atoms with Crippen LogP contribution in [0.15, 0.2) is 0 Å². The first-order valence-electron chi connectivity index (χ1n) is 6.73. The van der Waals surface area contributed by atoms with Gasteiger partial charge in [0.15, 0.2) is 0 Å². The van der Waals surface area contributed by atoms with E-state index in [0.29, 0.717) is 11.1 Å². The van der Waals surface area contributed by atoms with Gasteiger partial charge in [0.05, 0.1) is 0 Å². The molecule has 2 bridgehead atoms. The Morgan fingerprint density at radius 3 is 1.88 bits per heavy atom. The molecule has 2 saturated heterocycles. The van der Waals surface area contributed by atoms with Crippen LogP contribution in [-0.4, -0.2) is 46.1 Å². The van der Waals surface area contributed by atoms with Crippen molar-refractivity contribution in [3.8, 4) is 0 Å². The van der Waals surface area contributed by atoms with E-state index in [4.69, 9.17) is 0 Å². The van der Waals surface area contributed by atoms with Gasteiger partial charge in [0.25, 0.3) is 0 Å². The summed E-state index contributed by atoms with van der Waals surface area (Å²) in [5, 5.41) is 0. The lowest BCUT2D eigenvalue weighted by Crippen LogP contribution is -2.51. The van der Waals surface area contributed by atoms with E-state index in [1.54, 1.807) is 0 Å². The first-order chi connectivity index (χ1) is 7.19. The molecule has 0 radical (unpaired) electrons. The Hall–Kier alpha value is -0.0800. The molecule has 2 heterocycles. The van der Waals surface area contributed by atoms with Crippen molar-refractivity contribution in [2.75, 3.05) is 13.1 Å². The Kier molecular flexibility index (Phi) is 2.87. The van der Waals surface area contributed by atoms with Gasteiger partial charge in [-0.15, -0.1) is 0 Å². The summed E-state index contributed by atoms with van der Waals surface area (Å²) in [4.78, 5) is 5.44. The second-order valence-corrected chi connectivity index (χ2v) is 7.52. The minimum atomic E-state index is 0.337. The second-order valence-electron chi connectivity index (χ2n) is 7.52. The zero-order valence-corrected chi connectivity index (χ0v) is 11.9. The Morgan fingerprint density at radius 2 is 1.38 bits per heavy atom. The third-order valence-corrected chi connectivity index (χ3v) is 4.26. The van der Waals surface area contributed by atoms with Crippen molar-refractivity contribution in [2.24, 2.45) is 0 Å². The number of nitrogens with zero attached hydrogens (tertiary/aromatic N) is 2. The molecule has 2 nitrogen and oxygen atoms in total. The van der Waals surface area contributed by atoms with Crippen LogP contribution in [0, 0.1) is 0 Å². The third kappa shape index (κ3) is 2.14. The smallest absolute Gasteiger partial charge is 0.0243 e. The van der Waals surface area contributed by atoms with E-state index < -0.39 is 0 Å². The summed E-state index contributed by atoms with van der Waals surface area (Å²) in [6.45, 7) is 16.7. The summed E-state index contributed by atoms with van der Waals surface area (Å²) in [7, 11) is 0. The molecule has 2 aliphatic heterocycles. The monoisotopic (exact) mass is 224 g/mol. The van der Waals surface area contributed by atoms with E-state index in [1.807, 2.05) is 0 Å². The summed E-state index contributed by atoms with van der Waals surface area (Å²) in [5.41, 5.74) is 0.677. The van der Waals surface area contributed by atoms with Gasteiger partial charge in [-0.1, -0.05) is 0 Å². The summed E-state index contributed by atoms with van der Waals surface area (Å²) in [6, 6.07) is 1.63. The van der Waals surface area contributed by atoms with E-state index in [9.17, 15) is 0 Å². The highest BCUT2D eigenvalue weighted by Crippen LogP contribution is 2.37. The predicted molar refractivity (Wildman–Crippen MR) is 69.7 cm³/mol. The molecule has 0 saturated carbocycles. The zero-order valence-electron chi connectivity index (χ0n) is 11.9. The molecule has 2 unspecified atom stereocenters. The molecular formula is C14H28N2. The summed E-state index contributed by atoms with van der Waals surface area (Å²) in [5.74, 6) is 0. The molecule has 0 amide bonds. The molecule has 2 rings (SSSR count). The highest BCUT2D eigenvalue weighted by Gasteiger charge is 2.45. The first-order valence-corrected chi connectivity index (χ1v) is 6.73. The molecule has 0 N–H and O–H groups in total. The van der Waals surface area contributed by atoms with Gasteiger partial charge < -0.3 is 0 Å². The number of rotatable bonds is 0. The van der Waals surface area contributed by atoms with Crippen molar-refractivity contribution in [1.82, 2.24) is 9.80 Å². The van der Waals surface area contributed by atoms with Crippen LogP contribution in [0.2, 0.25) is 0 Å². The maximum absolute atomic E-state index is 2.73. The molecule has 94 valence electrons. The first kappa shape index (κ1) is 12.4. The Bertz CT molecular complexity index is 247. The topological polar surface area (TPSA) is 6.48 Å². The van der Waals surface area contributed by atoms with Crippen LogP contribution < -0.4 is 0 Å². The molecule has 0 aromatic rings. The van der Waals surface area contributed by atoms with Crippen molar-refractivity contribution >= 4 is 0 Å². The van der Waals surface area contributed by atoms with Crippen molar-refractivity contribution in [2.45, 2.75) is 77.5 Å². The van der Waals surface area contributed by atoms with Crippen LogP contribution in [0.4, 0.5) is 0 Å². The molecular weight excluding hydrogens is 196 g/mol. The number of hydrogen-bond donors (Lipinski definition) is 0. The highest BCUT2D eigenvalue weighted by molar-refractivity contribution is 5.02. The summed E-state index contributed by atoms with van der Waals surface area (Å²) in [6.07, 6.45) is 2.74. The Labute approximate surface area is 101 Å². The van der Waals surface area contributed by atoms with Crippen molar-refractivity contribution in [3.63, 3.8) is 0 Å². The quantitative estimate of drug-likeness (QED) is 0.624. The highest BCUT2D eigenvalue weighted by atomic mass is 15.3. The predicted octanol–water partition coefficient (Wildman–Crippen LogP) is 2.73. The van der Waals surface area contributed by atoms with E-state index in [-0.39, 0.29) is 0 Å². The number of likely N-dealkylation sites (tertiary alicyclic amines) is 2. The van der Waals surface area contributed by atoms with Gasteiger partial charge in [0.1, 0.15) is 0 Å². The van der Waals surface area contributed by atoms with E-state index in [1.165, 1.54) is 25.9 Å². The molecule has 0 aromatic carbocycles. The van der Waals surface area contributed by atoms with Crippen LogP contribution in [0.3, 0.4) is 0 Å². The molecule has 16 heavy (non-hydrogen) atoms. The largest absolute Gasteiger partial charge is 0.294 e. The zero-order chi connectivity index (χ0) is 12.1. The van der Waals surface area contributed by atoms with Gasteiger partial charge in [-0.05, 0) is 54.4 Å². The fourth-order valence-electron chi connectivity index (χ4n) is 3.57. The van der Waals surface area contributed by atoms with Gasteiger partial charge in [-0.3, -0.25) is 9.80 Å². The number of fused-ring (bicyclic) bond motifs is 2. The van der Waals surface area contributed by atoms with Gasteiger partial charge in [0.2, 0.25) is 0 Å². The van der Waals surface area contributed by atoms with Gasteiger partial charge in [-0.25, -0.2) is 0 Å². The summed E-state index contributed by atoms with van der Waals surface area (Å²) >= 11 is 0. The third-order valence-electron chi connectivity index (χ3n) is 4.26. The normalized spacial score (nSPS) is 33.4. The van der Waals surface area contributed by atoms with Crippen LogP contribution >= 0.6 is 0 Å². The van der Waals surface area contributed by atoms with E-state index in [0.717, 1.165) is 12.1 Å². The van der Waals surface area contributed by atoms with Crippen LogP contribution in [0.25, 0.3) is 0 Å². The minimum Gasteiger partial charge on any atom is -0.294 e. The van der Waals surface area contributed by atoms with Crippen molar-refractivity contribution < 1.29 is 0 Å². The van der Waals surface area contributed by atoms with Gasteiger partial charge in [0, 0.05) is 36.3 Å². The second kappa shape index (κ2) is 3.71. The minimum absolute atomic E-state index is 0.337. The lowest BCUT2D eigenvalue weighted by Gasteiger charge is -2.42. The lowest BCUT2D eigenvalue weighted by atomic mass is 9.95. The average molecular weight is 224 g/mol. The molecule has 0 spiro atoms.